The van der Waals surface area contributed by atoms with E-state index < -0.39 is 0 Å². The molecule has 0 atom stereocenters. The largest absolute Gasteiger partial charge is 0.395 e. The standard InChI is InChI=1S/C12H20N4O2/c1-13-10-8-11(16(4-6-17)5-7-18)15-12(14-10)9-2-3-9/h8-9,17-18H,2-7H2,1H3,(H,13,14,15). The zero-order valence-corrected chi connectivity index (χ0v) is 10.6. The summed E-state index contributed by atoms with van der Waals surface area (Å²) in [6.07, 6.45) is 2.29. The van der Waals surface area contributed by atoms with Gasteiger partial charge >= 0.3 is 0 Å². The van der Waals surface area contributed by atoms with E-state index in [1.807, 2.05) is 18.0 Å². The normalized spacial score (nSPS) is 14.6. The van der Waals surface area contributed by atoms with Gasteiger partial charge in [-0.15, -0.1) is 0 Å². The van der Waals surface area contributed by atoms with Gasteiger partial charge in [-0.1, -0.05) is 0 Å². The molecule has 1 aromatic rings. The number of hydrogen-bond acceptors (Lipinski definition) is 6. The molecular formula is C12H20N4O2. The van der Waals surface area contributed by atoms with Crippen molar-refractivity contribution in [2.24, 2.45) is 0 Å². The van der Waals surface area contributed by atoms with Gasteiger partial charge in [0, 0.05) is 32.1 Å². The van der Waals surface area contributed by atoms with Gasteiger partial charge in [-0.3, -0.25) is 0 Å². The summed E-state index contributed by atoms with van der Waals surface area (Å²) in [5, 5.41) is 21.1. The first kappa shape index (κ1) is 13.0. The zero-order valence-electron chi connectivity index (χ0n) is 10.6. The third-order valence-electron chi connectivity index (χ3n) is 2.99. The second-order valence-corrected chi connectivity index (χ2v) is 4.43. The fourth-order valence-electron chi connectivity index (χ4n) is 1.85. The van der Waals surface area contributed by atoms with Gasteiger partial charge in [0.1, 0.15) is 17.5 Å². The third-order valence-corrected chi connectivity index (χ3v) is 2.99. The maximum absolute atomic E-state index is 9.06. The quantitative estimate of drug-likeness (QED) is 0.642. The molecule has 18 heavy (non-hydrogen) atoms. The van der Waals surface area contributed by atoms with Crippen LogP contribution in [0.3, 0.4) is 0 Å². The SMILES string of the molecule is CNc1cc(N(CCO)CCO)nc(C2CC2)n1. The summed E-state index contributed by atoms with van der Waals surface area (Å²) in [5.74, 6) is 2.88. The molecule has 0 unspecified atom stereocenters. The van der Waals surface area contributed by atoms with E-state index in [-0.39, 0.29) is 13.2 Å². The first-order valence-corrected chi connectivity index (χ1v) is 6.32. The Hall–Kier alpha value is -1.40. The molecule has 1 aromatic heterocycles. The minimum Gasteiger partial charge on any atom is -0.395 e. The molecule has 1 aliphatic rings. The number of aromatic nitrogens is 2. The van der Waals surface area contributed by atoms with Crippen molar-refractivity contribution in [3.8, 4) is 0 Å². The van der Waals surface area contributed by atoms with Crippen LogP contribution in [0.2, 0.25) is 0 Å². The molecule has 6 heteroatoms. The van der Waals surface area contributed by atoms with Crippen LogP contribution in [0.4, 0.5) is 11.6 Å². The van der Waals surface area contributed by atoms with Crippen LogP contribution < -0.4 is 10.2 Å². The van der Waals surface area contributed by atoms with Crippen molar-refractivity contribution in [1.82, 2.24) is 9.97 Å². The van der Waals surface area contributed by atoms with Crippen molar-refractivity contribution >= 4 is 11.6 Å². The molecule has 0 saturated heterocycles. The van der Waals surface area contributed by atoms with E-state index in [2.05, 4.69) is 15.3 Å². The number of hydrogen-bond donors (Lipinski definition) is 3. The summed E-state index contributed by atoms with van der Waals surface area (Å²) in [4.78, 5) is 10.8. The molecule has 1 heterocycles. The van der Waals surface area contributed by atoms with Gasteiger partial charge < -0.3 is 20.4 Å². The van der Waals surface area contributed by atoms with Crippen LogP contribution in [0.15, 0.2) is 6.07 Å². The summed E-state index contributed by atoms with van der Waals surface area (Å²) >= 11 is 0. The van der Waals surface area contributed by atoms with E-state index in [9.17, 15) is 0 Å². The molecule has 0 radical (unpaired) electrons. The summed E-state index contributed by atoms with van der Waals surface area (Å²) in [6.45, 7) is 1.00. The molecule has 1 fully saturated rings. The molecule has 0 bridgehead atoms. The van der Waals surface area contributed by atoms with Gasteiger partial charge in [0.25, 0.3) is 0 Å². The molecule has 0 aliphatic heterocycles. The van der Waals surface area contributed by atoms with Gasteiger partial charge in [-0.2, -0.15) is 0 Å². The molecule has 0 spiro atoms. The van der Waals surface area contributed by atoms with Crippen molar-refractivity contribution in [2.45, 2.75) is 18.8 Å². The summed E-state index contributed by atoms with van der Waals surface area (Å²) in [7, 11) is 1.82. The van der Waals surface area contributed by atoms with E-state index in [0.717, 1.165) is 30.3 Å². The average molecular weight is 252 g/mol. The molecule has 3 N–H and O–H groups in total. The Morgan fingerprint density at radius 2 is 1.94 bits per heavy atom. The number of rotatable bonds is 7. The fourth-order valence-corrected chi connectivity index (χ4v) is 1.85. The van der Waals surface area contributed by atoms with Crippen molar-refractivity contribution in [2.75, 3.05) is 43.6 Å². The zero-order chi connectivity index (χ0) is 13.0. The van der Waals surface area contributed by atoms with Crippen molar-refractivity contribution in [1.29, 1.82) is 0 Å². The van der Waals surface area contributed by atoms with Crippen LogP contribution in [0, 0.1) is 0 Å². The van der Waals surface area contributed by atoms with Crippen LogP contribution in [0.5, 0.6) is 0 Å². The second kappa shape index (κ2) is 5.97. The monoisotopic (exact) mass is 252 g/mol. The summed E-state index contributed by atoms with van der Waals surface area (Å²) < 4.78 is 0. The third kappa shape index (κ3) is 3.08. The molecule has 100 valence electrons. The Bertz CT molecular complexity index is 390. The maximum atomic E-state index is 9.06. The van der Waals surface area contributed by atoms with Crippen molar-refractivity contribution in [3.05, 3.63) is 11.9 Å². The molecule has 6 nitrogen and oxygen atoms in total. The van der Waals surface area contributed by atoms with Crippen molar-refractivity contribution in [3.63, 3.8) is 0 Å². The van der Waals surface area contributed by atoms with Crippen LogP contribution in [0.1, 0.15) is 24.6 Å². The molecule has 1 aliphatic carbocycles. The fraction of sp³-hybridized carbons (Fsp3) is 0.667. The highest BCUT2D eigenvalue weighted by Gasteiger charge is 2.27. The highest BCUT2D eigenvalue weighted by Crippen LogP contribution is 2.39. The van der Waals surface area contributed by atoms with Gasteiger partial charge in [-0.05, 0) is 12.8 Å². The predicted octanol–water partition coefficient (Wildman–Crippen LogP) is 0.187. The Kier molecular flexibility index (Phi) is 4.33. The van der Waals surface area contributed by atoms with Crippen LogP contribution in [-0.4, -0.2) is 53.5 Å². The minimum absolute atomic E-state index is 0.0393. The lowest BCUT2D eigenvalue weighted by Gasteiger charge is -2.22. The molecule has 2 rings (SSSR count). The molecule has 0 amide bonds. The van der Waals surface area contributed by atoms with E-state index in [4.69, 9.17) is 10.2 Å². The Balaban J connectivity index is 2.25. The van der Waals surface area contributed by atoms with E-state index in [1.54, 1.807) is 0 Å². The average Bonchev–Trinajstić information content (AvgIpc) is 3.22. The first-order chi connectivity index (χ1) is 8.78. The molecule has 0 aromatic carbocycles. The first-order valence-electron chi connectivity index (χ1n) is 6.32. The number of aliphatic hydroxyl groups excluding tert-OH is 2. The predicted molar refractivity (Wildman–Crippen MR) is 69.9 cm³/mol. The lowest BCUT2D eigenvalue weighted by atomic mass is 10.3. The van der Waals surface area contributed by atoms with Crippen molar-refractivity contribution < 1.29 is 10.2 Å². The molecular weight excluding hydrogens is 232 g/mol. The molecule has 1 saturated carbocycles. The van der Waals surface area contributed by atoms with E-state index >= 15 is 0 Å². The lowest BCUT2D eigenvalue weighted by molar-refractivity contribution is 0.280. The van der Waals surface area contributed by atoms with Gasteiger partial charge in [0.15, 0.2) is 0 Å². The Morgan fingerprint density at radius 3 is 2.44 bits per heavy atom. The number of anilines is 2. The summed E-state index contributed by atoms with van der Waals surface area (Å²) in [5.41, 5.74) is 0. The van der Waals surface area contributed by atoms with Crippen LogP contribution >= 0.6 is 0 Å². The van der Waals surface area contributed by atoms with Crippen LogP contribution in [-0.2, 0) is 0 Å². The van der Waals surface area contributed by atoms with Crippen LogP contribution in [0.25, 0.3) is 0 Å². The smallest absolute Gasteiger partial charge is 0.136 e. The highest BCUT2D eigenvalue weighted by molar-refractivity contribution is 5.49. The maximum Gasteiger partial charge on any atom is 0.136 e. The lowest BCUT2D eigenvalue weighted by Crippen LogP contribution is -2.30. The highest BCUT2D eigenvalue weighted by atomic mass is 16.3. The minimum atomic E-state index is 0.0393. The number of nitrogens with zero attached hydrogens (tertiary/aromatic N) is 3. The van der Waals surface area contributed by atoms with E-state index in [0.29, 0.717) is 19.0 Å². The van der Waals surface area contributed by atoms with Gasteiger partial charge in [-0.25, -0.2) is 9.97 Å². The number of nitrogens with one attached hydrogen (secondary N) is 1. The Morgan fingerprint density at radius 1 is 1.28 bits per heavy atom. The Labute approximate surface area is 107 Å². The number of aliphatic hydroxyl groups is 2. The topological polar surface area (TPSA) is 81.5 Å². The van der Waals surface area contributed by atoms with Gasteiger partial charge in [0.2, 0.25) is 0 Å². The summed E-state index contributed by atoms with van der Waals surface area (Å²) in [6, 6.07) is 1.84. The van der Waals surface area contributed by atoms with E-state index in [1.165, 1.54) is 0 Å². The second-order valence-electron chi connectivity index (χ2n) is 4.43. The van der Waals surface area contributed by atoms with Gasteiger partial charge in [0.05, 0.1) is 13.2 Å².